The van der Waals surface area contributed by atoms with Gasteiger partial charge in [0.05, 0.1) is 7.11 Å². The Morgan fingerprint density at radius 2 is 1.95 bits per heavy atom. The highest BCUT2D eigenvalue weighted by Gasteiger charge is 2.50. The molecule has 4 nitrogen and oxygen atoms in total. The average Bonchev–Trinajstić information content (AvgIpc) is 2.87. The van der Waals surface area contributed by atoms with Crippen LogP contribution in [0.15, 0.2) is 24.3 Å². The summed E-state index contributed by atoms with van der Waals surface area (Å²) in [4.78, 5) is 12.0. The van der Waals surface area contributed by atoms with E-state index in [0.29, 0.717) is 12.8 Å². The van der Waals surface area contributed by atoms with Crippen LogP contribution >= 0.6 is 22.6 Å². The van der Waals surface area contributed by atoms with Gasteiger partial charge in [0.2, 0.25) is 0 Å². The molecule has 0 aromatic heterocycles. The lowest BCUT2D eigenvalue weighted by molar-refractivity contribution is -0.187. The van der Waals surface area contributed by atoms with Crippen LogP contribution in [0.4, 0.5) is 0 Å². The Bertz CT molecular complexity index is 485. The summed E-state index contributed by atoms with van der Waals surface area (Å²) in [5.74, 6) is -1.10. The van der Waals surface area contributed by atoms with Gasteiger partial charge in [-0.15, -0.1) is 0 Å². The van der Waals surface area contributed by atoms with E-state index in [-0.39, 0.29) is 0 Å². The lowest BCUT2D eigenvalue weighted by Gasteiger charge is -2.25. The molecule has 5 heteroatoms. The van der Waals surface area contributed by atoms with Crippen molar-refractivity contribution < 1.29 is 19.0 Å². The molecular weight excluding hydrogens is 371 g/mol. The average molecular weight is 390 g/mol. The summed E-state index contributed by atoms with van der Waals surface area (Å²) in [6.45, 7) is 3.99. The van der Waals surface area contributed by atoms with E-state index in [1.807, 2.05) is 38.1 Å². The third kappa shape index (κ3) is 2.84. The summed E-state index contributed by atoms with van der Waals surface area (Å²) >= 11 is 2.24. The van der Waals surface area contributed by atoms with Gasteiger partial charge in [-0.1, -0.05) is 32.0 Å². The minimum Gasteiger partial charge on any atom is -0.467 e. The SMILES string of the molecule is CCC1(CC)O[C@H](C(=O)OC)[C@H](c2ccccc2I)O1. The molecule has 1 aliphatic rings. The molecule has 1 heterocycles. The van der Waals surface area contributed by atoms with E-state index in [0.717, 1.165) is 9.13 Å². The van der Waals surface area contributed by atoms with Crippen molar-refractivity contribution in [1.29, 1.82) is 0 Å². The fraction of sp³-hybridized carbons (Fsp3) is 0.533. The van der Waals surface area contributed by atoms with Crippen LogP contribution in [-0.4, -0.2) is 25.0 Å². The molecule has 2 atom stereocenters. The Labute approximate surface area is 132 Å². The first-order chi connectivity index (χ1) is 9.56. The Kier molecular flexibility index (Phi) is 5.04. The van der Waals surface area contributed by atoms with Gasteiger partial charge in [-0.25, -0.2) is 4.79 Å². The molecule has 20 heavy (non-hydrogen) atoms. The van der Waals surface area contributed by atoms with Crippen molar-refractivity contribution in [2.24, 2.45) is 0 Å². The number of hydrogen-bond donors (Lipinski definition) is 0. The van der Waals surface area contributed by atoms with Crippen molar-refractivity contribution >= 4 is 28.6 Å². The quantitative estimate of drug-likeness (QED) is 0.584. The number of hydrogen-bond acceptors (Lipinski definition) is 4. The topological polar surface area (TPSA) is 44.8 Å². The molecule has 1 aromatic rings. The van der Waals surface area contributed by atoms with Gasteiger partial charge in [0.15, 0.2) is 11.9 Å². The maximum atomic E-state index is 12.0. The van der Waals surface area contributed by atoms with Crippen LogP contribution in [0.1, 0.15) is 38.4 Å². The molecule has 1 aliphatic heterocycles. The van der Waals surface area contributed by atoms with Crippen molar-refractivity contribution in [1.82, 2.24) is 0 Å². The Morgan fingerprint density at radius 3 is 2.50 bits per heavy atom. The van der Waals surface area contributed by atoms with Crippen molar-refractivity contribution in [3.8, 4) is 0 Å². The van der Waals surface area contributed by atoms with Gasteiger partial charge in [0, 0.05) is 3.57 Å². The van der Waals surface area contributed by atoms with E-state index >= 15 is 0 Å². The zero-order chi connectivity index (χ0) is 14.8. The van der Waals surface area contributed by atoms with Crippen LogP contribution in [0, 0.1) is 3.57 Å². The van der Waals surface area contributed by atoms with Gasteiger partial charge in [0.1, 0.15) is 6.10 Å². The van der Waals surface area contributed by atoms with Crippen LogP contribution in [-0.2, 0) is 19.0 Å². The van der Waals surface area contributed by atoms with E-state index in [1.54, 1.807) is 0 Å². The number of methoxy groups -OCH3 is 1. The molecule has 0 unspecified atom stereocenters. The monoisotopic (exact) mass is 390 g/mol. The molecule has 1 fully saturated rings. The summed E-state index contributed by atoms with van der Waals surface area (Å²) in [6, 6.07) is 7.85. The molecule has 0 bridgehead atoms. The minimum atomic E-state index is -0.712. The molecule has 0 radical (unpaired) electrons. The molecule has 0 N–H and O–H groups in total. The number of carbonyl (C=O) groups excluding carboxylic acids is 1. The number of ether oxygens (including phenoxy) is 3. The van der Waals surface area contributed by atoms with E-state index in [2.05, 4.69) is 22.6 Å². The fourth-order valence-corrected chi connectivity index (χ4v) is 3.11. The highest BCUT2D eigenvalue weighted by Crippen LogP contribution is 2.43. The van der Waals surface area contributed by atoms with Gasteiger partial charge in [-0.2, -0.15) is 0 Å². The number of halogens is 1. The van der Waals surface area contributed by atoms with Gasteiger partial charge in [-0.3, -0.25) is 0 Å². The van der Waals surface area contributed by atoms with Crippen LogP contribution in [0.2, 0.25) is 0 Å². The summed E-state index contributed by atoms with van der Waals surface area (Å²) in [6.07, 6.45) is 0.250. The van der Waals surface area contributed by atoms with Crippen molar-refractivity contribution in [3.05, 3.63) is 33.4 Å². The first-order valence-electron chi connectivity index (χ1n) is 6.74. The van der Waals surface area contributed by atoms with E-state index in [1.165, 1.54) is 7.11 Å². The zero-order valence-corrected chi connectivity index (χ0v) is 14.0. The number of carbonyl (C=O) groups is 1. The predicted molar refractivity (Wildman–Crippen MR) is 83.2 cm³/mol. The number of esters is 1. The molecular formula is C15H19IO4. The first kappa shape index (κ1) is 15.7. The Morgan fingerprint density at radius 1 is 1.30 bits per heavy atom. The van der Waals surface area contributed by atoms with E-state index in [9.17, 15) is 4.79 Å². The number of rotatable bonds is 4. The molecule has 0 saturated carbocycles. The molecule has 1 aromatic carbocycles. The van der Waals surface area contributed by atoms with Crippen LogP contribution in [0.5, 0.6) is 0 Å². The number of benzene rings is 1. The zero-order valence-electron chi connectivity index (χ0n) is 11.9. The molecule has 1 saturated heterocycles. The highest BCUT2D eigenvalue weighted by molar-refractivity contribution is 14.1. The van der Waals surface area contributed by atoms with Crippen LogP contribution < -0.4 is 0 Å². The smallest absolute Gasteiger partial charge is 0.338 e. The second-order valence-corrected chi connectivity index (χ2v) is 5.90. The maximum Gasteiger partial charge on any atom is 0.338 e. The van der Waals surface area contributed by atoms with Gasteiger partial charge in [-0.05, 0) is 47.1 Å². The Hall–Kier alpha value is -0.660. The van der Waals surface area contributed by atoms with Crippen LogP contribution in [0.25, 0.3) is 0 Å². The van der Waals surface area contributed by atoms with Crippen molar-refractivity contribution in [2.75, 3.05) is 7.11 Å². The third-order valence-corrected chi connectivity index (χ3v) is 4.66. The summed E-state index contributed by atoms with van der Waals surface area (Å²) in [7, 11) is 1.37. The predicted octanol–water partition coefficient (Wildman–Crippen LogP) is 3.44. The van der Waals surface area contributed by atoms with E-state index in [4.69, 9.17) is 14.2 Å². The standard InChI is InChI=1S/C15H19IO4/c1-4-15(5-2)19-12(13(20-15)14(17)18-3)10-8-6-7-9-11(10)16/h6-9,12-13H,4-5H2,1-3H3/t12-,13-/m0/s1. The fourth-order valence-electron chi connectivity index (χ4n) is 2.42. The largest absolute Gasteiger partial charge is 0.467 e. The lowest BCUT2D eigenvalue weighted by Crippen LogP contribution is -2.32. The summed E-state index contributed by atoms with van der Waals surface area (Å²) < 4.78 is 18.0. The summed E-state index contributed by atoms with van der Waals surface area (Å²) in [5.41, 5.74) is 0.965. The van der Waals surface area contributed by atoms with Gasteiger partial charge < -0.3 is 14.2 Å². The maximum absolute atomic E-state index is 12.0. The molecule has 110 valence electrons. The highest BCUT2D eigenvalue weighted by atomic mass is 127. The second kappa shape index (κ2) is 6.41. The van der Waals surface area contributed by atoms with Gasteiger partial charge in [0.25, 0.3) is 0 Å². The van der Waals surface area contributed by atoms with E-state index < -0.39 is 24.0 Å². The summed E-state index contributed by atoms with van der Waals surface area (Å²) in [5, 5.41) is 0. The lowest BCUT2D eigenvalue weighted by atomic mass is 10.0. The second-order valence-electron chi connectivity index (χ2n) is 4.74. The third-order valence-electron chi connectivity index (χ3n) is 3.68. The Balaban J connectivity index is 2.38. The molecule has 0 aliphatic carbocycles. The normalized spacial score (nSPS) is 24.6. The molecule has 0 amide bonds. The first-order valence-corrected chi connectivity index (χ1v) is 7.82. The molecule has 0 spiro atoms. The van der Waals surface area contributed by atoms with Gasteiger partial charge >= 0.3 is 5.97 Å². The minimum absolute atomic E-state index is 0.390. The molecule has 2 rings (SSSR count). The van der Waals surface area contributed by atoms with Crippen molar-refractivity contribution in [3.63, 3.8) is 0 Å². The van der Waals surface area contributed by atoms with Crippen molar-refractivity contribution in [2.45, 2.75) is 44.7 Å². The van der Waals surface area contributed by atoms with Crippen LogP contribution in [0.3, 0.4) is 0 Å².